The Bertz CT molecular complexity index is 1460. The van der Waals surface area contributed by atoms with Crippen LogP contribution in [-0.4, -0.2) is 47.5 Å². The summed E-state index contributed by atoms with van der Waals surface area (Å²) in [6.45, 7) is -0.148. The van der Waals surface area contributed by atoms with Crippen LogP contribution < -0.4 is 21.5 Å². The Morgan fingerprint density at radius 3 is 2.44 bits per heavy atom. The molecule has 4 aliphatic rings. The number of esters is 1. The lowest BCUT2D eigenvalue weighted by Gasteiger charge is -2.54. The molecule has 10 nitrogen and oxygen atoms in total. The van der Waals surface area contributed by atoms with Gasteiger partial charge in [-0.25, -0.2) is 4.79 Å². The SMILES string of the molecule is COC(=O)/C=C/CC[C@H](NC(=O)c1sc(Br)cc1Br)C(=O)Nc1cccn(CC(=O)NC2C3CC4CC(C3)CC2C4)c1=O. The van der Waals surface area contributed by atoms with Gasteiger partial charge in [0.2, 0.25) is 11.8 Å². The topological polar surface area (TPSA) is 136 Å². The Hall–Kier alpha value is -2.77. The van der Waals surface area contributed by atoms with Crippen molar-refractivity contribution in [2.45, 2.75) is 63.6 Å². The first-order chi connectivity index (χ1) is 20.6. The number of aromatic nitrogens is 1. The van der Waals surface area contributed by atoms with Gasteiger partial charge in [-0.15, -0.1) is 11.3 Å². The lowest BCUT2D eigenvalue weighted by molar-refractivity contribution is -0.134. The molecule has 4 bridgehead atoms. The molecule has 13 heteroatoms. The number of hydrogen-bond acceptors (Lipinski definition) is 7. The van der Waals surface area contributed by atoms with Crippen LogP contribution in [0.5, 0.6) is 0 Å². The van der Waals surface area contributed by atoms with Crippen LogP contribution in [0.15, 0.2) is 49.6 Å². The van der Waals surface area contributed by atoms with Gasteiger partial charge in [0.1, 0.15) is 23.2 Å². The molecule has 4 saturated carbocycles. The molecule has 0 saturated heterocycles. The average Bonchev–Trinajstić information content (AvgIpc) is 3.31. The summed E-state index contributed by atoms with van der Waals surface area (Å²) in [7, 11) is 1.26. The van der Waals surface area contributed by atoms with Crippen LogP contribution in [-0.2, 0) is 25.7 Å². The van der Waals surface area contributed by atoms with E-state index in [9.17, 15) is 24.0 Å². The zero-order valence-electron chi connectivity index (χ0n) is 23.6. The average molecular weight is 738 g/mol. The summed E-state index contributed by atoms with van der Waals surface area (Å²) in [5.74, 6) is 0.828. The molecule has 2 aromatic rings. The summed E-state index contributed by atoms with van der Waals surface area (Å²) >= 11 is 7.91. The first kappa shape index (κ1) is 31.6. The van der Waals surface area contributed by atoms with E-state index < -0.39 is 29.4 Å². The number of amides is 3. The number of rotatable bonds is 11. The largest absolute Gasteiger partial charge is 0.466 e. The lowest BCUT2D eigenvalue weighted by Crippen LogP contribution is -2.56. The van der Waals surface area contributed by atoms with Gasteiger partial charge in [-0.3, -0.25) is 19.2 Å². The quantitative estimate of drug-likeness (QED) is 0.228. The highest BCUT2D eigenvalue weighted by Crippen LogP contribution is 2.53. The van der Waals surface area contributed by atoms with Gasteiger partial charge >= 0.3 is 5.97 Å². The number of thiophene rings is 1. The van der Waals surface area contributed by atoms with Crippen molar-refractivity contribution in [2.75, 3.05) is 12.4 Å². The molecule has 6 rings (SSSR count). The third-order valence-electron chi connectivity index (χ3n) is 8.71. The number of hydrogen-bond donors (Lipinski definition) is 3. The van der Waals surface area contributed by atoms with Crippen molar-refractivity contribution >= 4 is 72.6 Å². The van der Waals surface area contributed by atoms with Gasteiger partial charge in [0, 0.05) is 22.8 Å². The van der Waals surface area contributed by atoms with Gasteiger partial charge < -0.3 is 25.3 Å². The van der Waals surface area contributed by atoms with E-state index in [4.69, 9.17) is 0 Å². The fourth-order valence-electron chi connectivity index (χ4n) is 7.02. The highest BCUT2D eigenvalue weighted by molar-refractivity contribution is 9.11. The molecule has 4 fully saturated rings. The maximum Gasteiger partial charge on any atom is 0.330 e. The second-order valence-electron chi connectivity index (χ2n) is 11.6. The van der Waals surface area contributed by atoms with Gasteiger partial charge in [0.15, 0.2) is 0 Å². The highest BCUT2D eigenvalue weighted by Gasteiger charge is 2.48. The van der Waals surface area contributed by atoms with Crippen LogP contribution in [0, 0.1) is 23.7 Å². The fourth-order valence-corrected chi connectivity index (χ4v) is 9.53. The van der Waals surface area contributed by atoms with Gasteiger partial charge in [0.05, 0.1) is 10.9 Å². The zero-order valence-corrected chi connectivity index (χ0v) is 27.6. The number of anilines is 1. The standard InChI is InChI=1S/C30H34Br2N4O6S/c1-42-25(38)7-3-2-5-21(33-29(40)27-20(31)14-23(32)43-27)28(39)34-22-6-4-8-36(30(22)41)15-24(37)35-26-18-10-16-9-17(12-18)13-19(26)11-16/h3-4,6-8,14,16-19,21,26H,2,5,9-13,15H2,1H3,(H,33,40)(H,34,39)(H,35,37)/b7-3+/t16?,17?,18?,19?,21-,26?/m0/s1. The number of pyridine rings is 1. The van der Waals surface area contributed by atoms with Crippen molar-refractivity contribution in [1.82, 2.24) is 15.2 Å². The second kappa shape index (κ2) is 13.9. The van der Waals surface area contributed by atoms with Crippen molar-refractivity contribution in [3.8, 4) is 0 Å². The Labute approximate surface area is 270 Å². The number of ether oxygens (including phenoxy) is 1. The van der Waals surface area contributed by atoms with Crippen molar-refractivity contribution in [3.05, 3.63) is 60.0 Å². The van der Waals surface area contributed by atoms with Crippen molar-refractivity contribution in [3.63, 3.8) is 0 Å². The van der Waals surface area contributed by atoms with Crippen LogP contribution in [0.1, 0.15) is 54.6 Å². The summed E-state index contributed by atoms with van der Waals surface area (Å²) < 4.78 is 7.19. The number of halogens is 2. The van der Waals surface area contributed by atoms with Crippen molar-refractivity contribution in [1.29, 1.82) is 0 Å². The molecule has 0 aromatic carbocycles. The molecule has 230 valence electrons. The molecule has 43 heavy (non-hydrogen) atoms. The van der Waals surface area contributed by atoms with Crippen molar-refractivity contribution < 1.29 is 23.9 Å². The van der Waals surface area contributed by atoms with Gasteiger partial charge in [-0.05, 0) is 119 Å². The van der Waals surface area contributed by atoms with Gasteiger partial charge in [-0.1, -0.05) is 6.08 Å². The molecular formula is C30H34Br2N4O6S. The number of nitrogens with zero attached hydrogens (tertiary/aromatic N) is 1. The number of carbonyl (C=O) groups excluding carboxylic acids is 4. The number of methoxy groups -OCH3 is 1. The molecule has 2 aromatic heterocycles. The van der Waals surface area contributed by atoms with Crippen LogP contribution in [0.3, 0.4) is 0 Å². The number of allylic oxidation sites excluding steroid dienone is 1. The first-order valence-corrected chi connectivity index (χ1v) is 16.8. The minimum atomic E-state index is -1.02. The van der Waals surface area contributed by atoms with E-state index in [2.05, 4.69) is 52.5 Å². The monoisotopic (exact) mass is 736 g/mol. The van der Waals surface area contributed by atoms with E-state index in [1.165, 1.54) is 73.5 Å². The predicted octanol–water partition coefficient (Wildman–Crippen LogP) is 4.62. The molecular weight excluding hydrogens is 704 g/mol. The number of nitrogens with one attached hydrogen (secondary N) is 3. The third-order valence-corrected chi connectivity index (χ3v) is 11.2. The molecule has 0 radical (unpaired) electrons. The summed E-state index contributed by atoms with van der Waals surface area (Å²) in [6, 6.07) is 3.95. The molecule has 4 aliphatic carbocycles. The third kappa shape index (κ3) is 7.66. The predicted molar refractivity (Wildman–Crippen MR) is 170 cm³/mol. The lowest BCUT2D eigenvalue weighted by atomic mass is 9.54. The summed E-state index contributed by atoms with van der Waals surface area (Å²) in [5, 5.41) is 8.59. The molecule has 0 unspecified atom stereocenters. The zero-order chi connectivity index (χ0) is 30.7. The normalized spacial score (nSPS) is 24.5. The second-order valence-corrected chi connectivity index (χ2v) is 14.9. The Morgan fingerprint density at radius 2 is 1.81 bits per heavy atom. The molecule has 0 spiro atoms. The maximum absolute atomic E-state index is 13.4. The van der Waals surface area contributed by atoms with E-state index in [0.717, 1.165) is 15.6 Å². The first-order valence-electron chi connectivity index (χ1n) is 14.4. The minimum Gasteiger partial charge on any atom is -0.466 e. The molecule has 3 amide bonds. The molecule has 2 heterocycles. The van der Waals surface area contributed by atoms with Crippen molar-refractivity contribution in [2.24, 2.45) is 23.7 Å². The summed E-state index contributed by atoms with van der Waals surface area (Å²) in [4.78, 5) is 64.5. The molecule has 3 N–H and O–H groups in total. The van der Waals surface area contributed by atoms with E-state index in [-0.39, 0.29) is 37.0 Å². The van der Waals surface area contributed by atoms with Crippen LogP contribution >= 0.6 is 43.2 Å². The Kier molecular flexibility index (Phi) is 10.2. The van der Waals surface area contributed by atoms with Crippen LogP contribution in [0.25, 0.3) is 0 Å². The smallest absolute Gasteiger partial charge is 0.330 e. The van der Waals surface area contributed by atoms with Gasteiger partial charge in [-0.2, -0.15) is 0 Å². The van der Waals surface area contributed by atoms with Gasteiger partial charge in [0.25, 0.3) is 11.5 Å². The van der Waals surface area contributed by atoms with E-state index in [0.29, 0.717) is 21.2 Å². The van der Waals surface area contributed by atoms with Crippen LogP contribution in [0.2, 0.25) is 0 Å². The maximum atomic E-state index is 13.4. The van der Waals surface area contributed by atoms with E-state index in [1.807, 2.05) is 0 Å². The van der Waals surface area contributed by atoms with E-state index in [1.54, 1.807) is 18.2 Å². The summed E-state index contributed by atoms with van der Waals surface area (Å²) in [6.07, 6.45) is 10.8. The molecule has 1 atom stereocenters. The fraction of sp³-hybridized carbons (Fsp3) is 0.500. The Morgan fingerprint density at radius 1 is 1.12 bits per heavy atom. The Balaban J connectivity index is 1.24. The number of carbonyl (C=O) groups is 4. The van der Waals surface area contributed by atoms with Crippen LogP contribution in [0.4, 0.5) is 5.69 Å². The molecule has 0 aliphatic heterocycles. The minimum absolute atomic E-state index is 0.000626. The highest BCUT2D eigenvalue weighted by atomic mass is 79.9. The van der Waals surface area contributed by atoms with E-state index >= 15 is 0 Å². The summed E-state index contributed by atoms with van der Waals surface area (Å²) in [5.41, 5.74) is -0.518.